The molecule has 0 aliphatic carbocycles. The third kappa shape index (κ3) is 8.29. The Morgan fingerprint density at radius 3 is 2.44 bits per heavy atom. The number of thioether (sulfide) groups is 1. The van der Waals surface area contributed by atoms with E-state index in [1.807, 2.05) is 49.1 Å². The van der Waals surface area contributed by atoms with Gasteiger partial charge in [0, 0.05) is 30.9 Å². The highest BCUT2D eigenvalue weighted by Crippen LogP contribution is 2.19. The first-order valence-corrected chi connectivity index (χ1v) is 10.0. The maximum absolute atomic E-state index is 12.5. The number of likely N-dealkylation sites (N-methyl/N-ethyl adjacent to an activating group) is 1. The van der Waals surface area contributed by atoms with Crippen molar-refractivity contribution in [2.75, 3.05) is 32.4 Å². The summed E-state index contributed by atoms with van der Waals surface area (Å²) in [6.45, 7) is 11.4. The van der Waals surface area contributed by atoms with Gasteiger partial charge in [-0.15, -0.1) is 0 Å². The molecule has 0 heterocycles. The van der Waals surface area contributed by atoms with Crippen LogP contribution in [0.1, 0.15) is 33.3 Å². The quantitative estimate of drug-likeness (QED) is 0.523. The lowest BCUT2D eigenvalue weighted by atomic mass is 10.2. The molecule has 1 rings (SSSR count). The first kappa shape index (κ1) is 21.4. The van der Waals surface area contributed by atoms with Crippen molar-refractivity contribution in [1.82, 2.24) is 15.5 Å². The second-order valence-electron chi connectivity index (χ2n) is 6.41. The number of guanidine groups is 1. The number of rotatable bonds is 9. The van der Waals surface area contributed by atoms with Gasteiger partial charge in [-0.05, 0) is 39.5 Å². The van der Waals surface area contributed by atoms with Crippen molar-refractivity contribution in [2.45, 2.75) is 39.0 Å². The third-order valence-corrected chi connectivity index (χ3v) is 5.15. The topological polar surface area (TPSA) is 56.7 Å². The lowest BCUT2D eigenvalue weighted by molar-refractivity contribution is -0.130. The van der Waals surface area contributed by atoms with E-state index in [-0.39, 0.29) is 17.2 Å². The van der Waals surface area contributed by atoms with Crippen LogP contribution in [0.25, 0.3) is 0 Å². The highest BCUT2D eigenvalue weighted by molar-refractivity contribution is 7.99. The fourth-order valence-electron chi connectivity index (χ4n) is 2.14. The van der Waals surface area contributed by atoms with Gasteiger partial charge in [0.05, 0.1) is 0 Å². The van der Waals surface area contributed by atoms with Crippen molar-refractivity contribution in [3.63, 3.8) is 0 Å². The molecule has 0 aliphatic heterocycles. The Hall–Kier alpha value is -1.69. The molecule has 0 radical (unpaired) electrons. The van der Waals surface area contributed by atoms with Gasteiger partial charge in [0.1, 0.15) is 6.54 Å². The summed E-state index contributed by atoms with van der Waals surface area (Å²) >= 11 is 1.80. The molecule has 0 bridgehead atoms. The Balaban J connectivity index is 2.64. The van der Waals surface area contributed by atoms with Gasteiger partial charge in [0.2, 0.25) is 5.91 Å². The van der Waals surface area contributed by atoms with E-state index in [1.165, 1.54) is 0 Å². The maximum atomic E-state index is 12.5. The Labute approximate surface area is 156 Å². The summed E-state index contributed by atoms with van der Waals surface area (Å²) in [4.78, 5) is 18.8. The minimum atomic E-state index is 0.0349. The zero-order valence-electron chi connectivity index (χ0n) is 16.1. The molecule has 1 aromatic carbocycles. The Bertz CT molecular complexity index is 546. The number of carbonyl (C=O) groups is 1. The average Bonchev–Trinajstić information content (AvgIpc) is 2.62. The number of nitrogens with one attached hydrogen (secondary N) is 2. The van der Waals surface area contributed by atoms with Crippen molar-refractivity contribution in [2.24, 2.45) is 4.99 Å². The van der Waals surface area contributed by atoms with Crippen LogP contribution in [0.15, 0.2) is 35.3 Å². The molecule has 0 atom stereocenters. The van der Waals surface area contributed by atoms with Crippen molar-refractivity contribution in [3.05, 3.63) is 35.9 Å². The lowest BCUT2D eigenvalue weighted by Gasteiger charge is -2.24. The molecule has 1 aromatic rings. The maximum Gasteiger partial charge on any atom is 0.244 e. The van der Waals surface area contributed by atoms with Gasteiger partial charge >= 0.3 is 0 Å². The smallest absolute Gasteiger partial charge is 0.244 e. The molecule has 0 aliphatic rings. The summed E-state index contributed by atoms with van der Waals surface area (Å²) < 4.78 is 0.114. The monoisotopic (exact) mass is 364 g/mol. The van der Waals surface area contributed by atoms with Crippen molar-refractivity contribution in [1.29, 1.82) is 0 Å². The van der Waals surface area contributed by atoms with Crippen LogP contribution in [0, 0.1) is 0 Å². The molecule has 0 unspecified atom stereocenters. The summed E-state index contributed by atoms with van der Waals surface area (Å²) in [7, 11) is 0. The van der Waals surface area contributed by atoms with E-state index in [4.69, 9.17) is 0 Å². The standard InChI is InChI=1S/C19H32N4OS/c1-6-20-18(22-15-19(3,4)25-5)21-13-17(24)23(7-2)14-16-11-9-8-10-12-16/h8-12H,6-7,13-15H2,1-5H3,(H2,20,21,22). The van der Waals surface area contributed by atoms with Crippen LogP contribution in [-0.4, -0.2) is 53.9 Å². The van der Waals surface area contributed by atoms with Crippen LogP contribution in [0.2, 0.25) is 0 Å². The van der Waals surface area contributed by atoms with Crippen molar-refractivity contribution < 1.29 is 4.79 Å². The van der Waals surface area contributed by atoms with E-state index in [1.54, 1.807) is 11.8 Å². The largest absolute Gasteiger partial charge is 0.357 e. The van der Waals surface area contributed by atoms with Gasteiger partial charge in [-0.25, -0.2) is 4.99 Å². The normalized spacial score (nSPS) is 12.0. The summed E-state index contributed by atoms with van der Waals surface area (Å²) in [5.74, 6) is 0.724. The predicted octanol–water partition coefficient (Wildman–Crippen LogP) is 2.73. The van der Waals surface area contributed by atoms with Crippen LogP contribution in [0.3, 0.4) is 0 Å². The molecular formula is C19H32N4OS. The minimum Gasteiger partial charge on any atom is -0.357 e. The number of carbonyl (C=O) groups excluding carboxylic acids is 1. The van der Waals surface area contributed by atoms with Gasteiger partial charge < -0.3 is 15.5 Å². The second kappa shape index (κ2) is 11.0. The highest BCUT2D eigenvalue weighted by atomic mass is 32.2. The Morgan fingerprint density at radius 1 is 1.20 bits per heavy atom. The number of hydrogen-bond donors (Lipinski definition) is 2. The molecule has 0 saturated heterocycles. The van der Waals surface area contributed by atoms with Crippen LogP contribution in [0.5, 0.6) is 0 Å². The number of aliphatic imine (C=N–C) groups is 1. The van der Waals surface area contributed by atoms with Gasteiger partial charge in [-0.2, -0.15) is 11.8 Å². The Morgan fingerprint density at radius 2 is 1.88 bits per heavy atom. The van der Waals surface area contributed by atoms with Gasteiger partial charge in [-0.1, -0.05) is 30.3 Å². The number of hydrogen-bond acceptors (Lipinski definition) is 3. The van der Waals surface area contributed by atoms with Crippen molar-refractivity contribution >= 4 is 23.6 Å². The summed E-state index contributed by atoms with van der Waals surface area (Å²) in [5, 5.41) is 6.52. The number of nitrogens with zero attached hydrogens (tertiary/aromatic N) is 2. The minimum absolute atomic E-state index is 0.0349. The molecule has 140 valence electrons. The first-order chi connectivity index (χ1) is 11.9. The molecule has 1 amide bonds. The molecule has 6 heteroatoms. The fourth-order valence-corrected chi connectivity index (χ4v) is 2.35. The number of benzene rings is 1. The van der Waals surface area contributed by atoms with Crippen LogP contribution < -0.4 is 10.6 Å². The van der Waals surface area contributed by atoms with Gasteiger partial charge in [-0.3, -0.25) is 4.79 Å². The lowest BCUT2D eigenvalue weighted by Crippen LogP contribution is -2.44. The third-order valence-electron chi connectivity index (χ3n) is 3.90. The van der Waals surface area contributed by atoms with Crippen LogP contribution in [-0.2, 0) is 11.3 Å². The zero-order valence-corrected chi connectivity index (χ0v) is 16.9. The molecule has 2 N–H and O–H groups in total. The summed E-state index contributed by atoms with van der Waals surface area (Å²) in [6, 6.07) is 10.0. The van der Waals surface area contributed by atoms with E-state index >= 15 is 0 Å². The molecule has 0 saturated carbocycles. The summed E-state index contributed by atoms with van der Waals surface area (Å²) in [5.41, 5.74) is 1.13. The van der Waals surface area contributed by atoms with Gasteiger partial charge in [0.25, 0.3) is 0 Å². The highest BCUT2D eigenvalue weighted by Gasteiger charge is 2.17. The van der Waals surface area contributed by atoms with Crippen LogP contribution >= 0.6 is 11.8 Å². The van der Waals surface area contributed by atoms with E-state index in [0.717, 1.165) is 18.7 Å². The zero-order chi connectivity index (χ0) is 18.7. The summed E-state index contributed by atoms with van der Waals surface area (Å²) in [6.07, 6.45) is 2.10. The molecule has 5 nitrogen and oxygen atoms in total. The number of amides is 1. The molecule has 0 spiro atoms. The second-order valence-corrected chi connectivity index (χ2v) is 7.92. The van der Waals surface area contributed by atoms with E-state index in [9.17, 15) is 4.79 Å². The molecule has 0 aromatic heterocycles. The van der Waals surface area contributed by atoms with Crippen LogP contribution in [0.4, 0.5) is 0 Å². The molecular weight excluding hydrogens is 332 g/mol. The Kier molecular flexibility index (Phi) is 9.42. The van der Waals surface area contributed by atoms with E-state index < -0.39 is 0 Å². The van der Waals surface area contributed by atoms with Gasteiger partial charge in [0.15, 0.2) is 5.96 Å². The van der Waals surface area contributed by atoms with E-state index in [0.29, 0.717) is 19.0 Å². The van der Waals surface area contributed by atoms with E-state index in [2.05, 4.69) is 35.7 Å². The van der Waals surface area contributed by atoms with Crippen molar-refractivity contribution in [3.8, 4) is 0 Å². The molecule has 0 fully saturated rings. The fraction of sp³-hybridized carbons (Fsp3) is 0.579. The molecule has 25 heavy (non-hydrogen) atoms. The SMILES string of the molecule is CCNC(=NCC(=O)N(CC)Cc1ccccc1)NCC(C)(C)SC. The predicted molar refractivity (Wildman–Crippen MR) is 109 cm³/mol. The first-order valence-electron chi connectivity index (χ1n) is 8.81. The average molecular weight is 365 g/mol.